The zero-order valence-corrected chi connectivity index (χ0v) is 15.1. The van der Waals surface area contributed by atoms with Crippen molar-refractivity contribution in [3.8, 4) is 0 Å². The molecule has 1 N–H and O–H groups in total. The predicted molar refractivity (Wildman–Crippen MR) is 91.7 cm³/mol. The van der Waals surface area contributed by atoms with Crippen molar-refractivity contribution < 1.29 is 18.0 Å². The average Bonchev–Trinajstić information content (AvgIpc) is 3.12. The molecule has 2 aromatic heterocycles. The van der Waals surface area contributed by atoms with E-state index in [1.54, 1.807) is 18.2 Å². The van der Waals surface area contributed by atoms with Crippen LogP contribution < -0.4 is 5.32 Å². The number of amides is 1. The Hall–Kier alpha value is -2.59. The lowest BCUT2D eigenvalue weighted by molar-refractivity contribution is -0.143. The maximum Gasteiger partial charge on any atom is 0.434 e. The summed E-state index contributed by atoms with van der Waals surface area (Å²) >= 11 is 11.7. The van der Waals surface area contributed by atoms with Crippen LogP contribution in [-0.4, -0.2) is 30.5 Å². The van der Waals surface area contributed by atoms with Crippen LogP contribution in [0.3, 0.4) is 0 Å². The van der Waals surface area contributed by atoms with Gasteiger partial charge >= 0.3 is 6.18 Å². The maximum atomic E-state index is 12.9. The van der Waals surface area contributed by atoms with Crippen LogP contribution in [0.5, 0.6) is 0 Å². The van der Waals surface area contributed by atoms with E-state index in [4.69, 9.17) is 23.2 Å². The molecule has 0 radical (unpaired) electrons. The molecule has 3 aromatic rings. The monoisotopic (exact) mass is 418 g/mol. The van der Waals surface area contributed by atoms with Crippen LogP contribution in [0, 0.1) is 0 Å². The van der Waals surface area contributed by atoms with Gasteiger partial charge in [-0.05, 0) is 11.6 Å². The number of hydrogen-bond donors (Lipinski definition) is 1. The first-order chi connectivity index (χ1) is 12.7. The van der Waals surface area contributed by atoms with Gasteiger partial charge in [0, 0.05) is 12.1 Å². The highest BCUT2D eigenvalue weighted by atomic mass is 35.5. The fourth-order valence-corrected chi connectivity index (χ4v) is 2.89. The molecule has 0 fully saturated rings. The van der Waals surface area contributed by atoms with Crippen molar-refractivity contribution in [1.29, 1.82) is 0 Å². The molecule has 12 heteroatoms. The van der Waals surface area contributed by atoms with Crippen molar-refractivity contribution in [1.82, 2.24) is 24.5 Å². The Labute approximate surface area is 160 Å². The molecule has 0 unspecified atom stereocenters. The normalized spacial score (nSPS) is 11.6. The third kappa shape index (κ3) is 4.06. The van der Waals surface area contributed by atoms with Gasteiger partial charge in [-0.2, -0.15) is 18.3 Å². The molecule has 0 bridgehead atoms. The fraction of sp³-hybridized carbons (Fsp3) is 0.200. The number of hydrogen-bond acceptors (Lipinski definition) is 4. The Morgan fingerprint density at radius 2 is 1.93 bits per heavy atom. The van der Waals surface area contributed by atoms with E-state index >= 15 is 0 Å². The molecule has 27 heavy (non-hydrogen) atoms. The van der Waals surface area contributed by atoms with Crippen molar-refractivity contribution in [2.75, 3.05) is 5.32 Å². The molecule has 0 aliphatic heterocycles. The number of rotatable bonds is 4. The lowest BCUT2D eigenvalue weighted by atomic mass is 10.2. The lowest BCUT2D eigenvalue weighted by Gasteiger charge is -2.06. The minimum absolute atomic E-state index is 0.109. The summed E-state index contributed by atoms with van der Waals surface area (Å²) in [7, 11) is 1.04. The SMILES string of the molecule is Cn1nc(C(=O)Nc2ncn(Cc3ccccc3Cl)n2)c(Cl)c1C(F)(F)F. The van der Waals surface area contributed by atoms with Gasteiger partial charge < -0.3 is 0 Å². The van der Waals surface area contributed by atoms with Crippen molar-refractivity contribution in [2.45, 2.75) is 12.7 Å². The Bertz CT molecular complexity index is 998. The number of alkyl halides is 3. The Morgan fingerprint density at radius 1 is 1.22 bits per heavy atom. The summed E-state index contributed by atoms with van der Waals surface area (Å²) in [5.41, 5.74) is -1.01. The first kappa shape index (κ1) is 19.2. The zero-order chi connectivity index (χ0) is 19.8. The first-order valence-electron chi connectivity index (χ1n) is 7.40. The molecule has 1 aromatic carbocycles. The van der Waals surface area contributed by atoms with E-state index in [0.717, 1.165) is 12.6 Å². The Kier molecular flexibility index (Phi) is 5.11. The van der Waals surface area contributed by atoms with Crippen LogP contribution >= 0.6 is 23.2 Å². The number of carbonyl (C=O) groups excluding carboxylic acids is 1. The lowest BCUT2D eigenvalue weighted by Crippen LogP contribution is -2.15. The molecule has 3 rings (SSSR count). The molecule has 0 saturated carbocycles. The van der Waals surface area contributed by atoms with E-state index in [1.807, 2.05) is 6.07 Å². The van der Waals surface area contributed by atoms with Crippen LogP contribution in [0.15, 0.2) is 30.6 Å². The standard InChI is InChI=1S/C15H11Cl2F3N6O/c1-25-12(15(18,19)20)10(17)11(23-25)13(27)22-14-21-7-26(24-14)6-8-4-2-3-5-9(8)16/h2-5,7H,6H2,1H3,(H,22,24,27). The summed E-state index contributed by atoms with van der Waals surface area (Å²) in [5.74, 6) is -1.07. The largest absolute Gasteiger partial charge is 0.434 e. The van der Waals surface area contributed by atoms with E-state index in [9.17, 15) is 18.0 Å². The Morgan fingerprint density at radius 3 is 2.56 bits per heavy atom. The topological polar surface area (TPSA) is 77.6 Å². The molecule has 0 aliphatic carbocycles. The van der Waals surface area contributed by atoms with E-state index in [-0.39, 0.29) is 5.95 Å². The van der Waals surface area contributed by atoms with Crippen LogP contribution in [-0.2, 0) is 19.8 Å². The third-order valence-corrected chi connectivity index (χ3v) is 4.25. The van der Waals surface area contributed by atoms with Gasteiger partial charge in [-0.1, -0.05) is 41.4 Å². The van der Waals surface area contributed by atoms with Gasteiger partial charge in [-0.3, -0.25) is 14.8 Å². The number of carbonyl (C=O) groups is 1. The summed E-state index contributed by atoms with van der Waals surface area (Å²) in [4.78, 5) is 16.1. The molecule has 0 saturated heterocycles. The second kappa shape index (κ2) is 7.20. The number of nitrogens with zero attached hydrogens (tertiary/aromatic N) is 5. The highest BCUT2D eigenvalue weighted by Crippen LogP contribution is 2.36. The summed E-state index contributed by atoms with van der Waals surface area (Å²) in [6.07, 6.45) is -3.40. The Balaban J connectivity index is 1.76. The van der Waals surface area contributed by atoms with Gasteiger partial charge in [-0.15, -0.1) is 5.10 Å². The van der Waals surface area contributed by atoms with Crippen molar-refractivity contribution in [3.05, 3.63) is 57.6 Å². The highest BCUT2D eigenvalue weighted by Gasteiger charge is 2.40. The number of aryl methyl sites for hydroxylation is 1. The van der Waals surface area contributed by atoms with Crippen LogP contribution in [0.4, 0.5) is 19.1 Å². The van der Waals surface area contributed by atoms with Crippen molar-refractivity contribution in [3.63, 3.8) is 0 Å². The van der Waals surface area contributed by atoms with Gasteiger partial charge in [0.25, 0.3) is 5.91 Å². The summed E-state index contributed by atoms with van der Waals surface area (Å²) in [6.45, 7) is 0.297. The average molecular weight is 419 g/mol. The summed E-state index contributed by atoms with van der Waals surface area (Å²) in [5, 5.41) is 9.58. The van der Waals surface area contributed by atoms with E-state index < -0.39 is 28.5 Å². The molecule has 7 nitrogen and oxygen atoms in total. The van der Waals surface area contributed by atoms with Gasteiger partial charge in [0.1, 0.15) is 11.3 Å². The van der Waals surface area contributed by atoms with E-state index in [0.29, 0.717) is 16.2 Å². The molecule has 1 amide bonds. The maximum absolute atomic E-state index is 12.9. The number of nitrogens with one attached hydrogen (secondary N) is 1. The zero-order valence-electron chi connectivity index (χ0n) is 13.6. The molecule has 0 atom stereocenters. The first-order valence-corrected chi connectivity index (χ1v) is 8.16. The van der Waals surface area contributed by atoms with Crippen molar-refractivity contribution in [2.24, 2.45) is 7.05 Å². The second-order valence-corrected chi connectivity index (χ2v) is 6.23. The molecular weight excluding hydrogens is 408 g/mol. The van der Waals surface area contributed by atoms with Gasteiger partial charge in [0.2, 0.25) is 5.95 Å². The van der Waals surface area contributed by atoms with Crippen LogP contribution in [0.1, 0.15) is 21.7 Å². The van der Waals surface area contributed by atoms with Gasteiger partial charge in [0.05, 0.1) is 6.54 Å². The number of halogens is 5. The minimum Gasteiger partial charge on any atom is -0.288 e. The fourth-order valence-electron chi connectivity index (χ4n) is 2.34. The summed E-state index contributed by atoms with van der Waals surface area (Å²) in [6, 6.07) is 7.11. The number of anilines is 1. The molecule has 2 heterocycles. The second-order valence-electron chi connectivity index (χ2n) is 5.44. The predicted octanol–water partition coefficient (Wildman–Crippen LogP) is 3.64. The van der Waals surface area contributed by atoms with Crippen LogP contribution in [0.2, 0.25) is 10.0 Å². The van der Waals surface area contributed by atoms with Gasteiger partial charge in [0.15, 0.2) is 11.4 Å². The molecule has 0 spiro atoms. The molecule has 142 valence electrons. The minimum atomic E-state index is -4.74. The highest BCUT2D eigenvalue weighted by molar-refractivity contribution is 6.34. The van der Waals surface area contributed by atoms with Crippen LogP contribution in [0.25, 0.3) is 0 Å². The van der Waals surface area contributed by atoms with Gasteiger partial charge in [-0.25, -0.2) is 9.67 Å². The number of aromatic nitrogens is 5. The smallest absolute Gasteiger partial charge is 0.288 e. The number of benzene rings is 1. The van der Waals surface area contributed by atoms with E-state index in [2.05, 4.69) is 20.5 Å². The van der Waals surface area contributed by atoms with Crippen molar-refractivity contribution >= 4 is 35.1 Å². The summed E-state index contributed by atoms with van der Waals surface area (Å²) < 4.78 is 40.7. The van der Waals surface area contributed by atoms with E-state index in [1.165, 1.54) is 11.0 Å². The quantitative estimate of drug-likeness (QED) is 0.701. The molecular formula is C15H11Cl2F3N6O. The third-order valence-electron chi connectivity index (χ3n) is 3.52. The molecule has 0 aliphatic rings.